The molecule has 0 radical (unpaired) electrons. The van der Waals surface area contributed by atoms with Crippen LogP contribution in [0.5, 0.6) is 0 Å². The molecule has 134 valence electrons. The van der Waals surface area contributed by atoms with Crippen LogP contribution in [0.2, 0.25) is 0 Å². The average Bonchev–Trinajstić information content (AvgIpc) is 2.96. The molecule has 0 fully saturated rings. The lowest BCUT2D eigenvalue weighted by Gasteiger charge is -2.13. The number of amides is 1. The Morgan fingerprint density at radius 3 is 2.52 bits per heavy atom. The number of aryl methyl sites for hydroxylation is 2. The molecule has 0 bridgehead atoms. The molecule has 2 rings (SSSR count). The molecule has 25 heavy (non-hydrogen) atoms. The fraction of sp³-hybridized carbons (Fsp3) is 0.294. The third-order valence-electron chi connectivity index (χ3n) is 3.49. The van der Waals surface area contributed by atoms with Gasteiger partial charge in [0.2, 0.25) is 0 Å². The van der Waals surface area contributed by atoms with E-state index >= 15 is 0 Å². The highest BCUT2D eigenvalue weighted by Gasteiger charge is 2.23. The van der Waals surface area contributed by atoms with Crippen LogP contribution in [0.1, 0.15) is 34.0 Å². The van der Waals surface area contributed by atoms with E-state index in [1.807, 2.05) is 13.8 Å². The number of carbonyl (C=O) groups excluding carboxylic acids is 2. The average molecular weight is 371 g/mol. The minimum Gasteiger partial charge on any atom is -0.448 e. The summed E-state index contributed by atoms with van der Waals surface area (Å²) < 4.78 is 44.7. The number of carbonyl (C=O) groups is 2. The van der Waals surface area contributed by atoms with E-state index in [-0.39, 0.29) is 0 Å². The number of rotatable bonds is 5. The maximum Gasteiger partial charge on any atom is 0.349 e. The molecule has 0 aliphatic heterocycles. The Morgan fingerprint density at radius 2 is 1.92 bits per heavy atom. The smallest absolute Gasteiger partial charge is 0.349 e. The highest BCUT2D eigenvalue weighted by Crippen LogP contribution is 2.24. The maximum atomic E-state index is 13.6. The van der Waals surface area contributed by atoms with E-state index in [1.54, 1.807) is 6.07 Å². The van der Waals surface area contributed by atoms with E-state index in [2.05, 4.69) is 5.32 Å². The zero-order chi connectivity index (χ0) is 18.7. The first-order valence-corrected chi connectivity index (χ1v) is 8.30. The van der Waals surface area contributed by atoms with Crippen LogP contribution in [-0.2, 0) is 16.0 Å². The Hall–Kier alpha value is -2.35. The predicted octanol–water partition coefficient (Wildman–Crippen LogP) is 4.22. The van der Waals surface area contributed by atoms with Gasteiger partial charge in [0, 0.05) is 4.88 Å². The Labute approximate surface area is 146 Å². The van der Waals surface area contributed by atoms with Gasteiger partial charge in [-0.25, -0.2) is 18.0 Å². The summed E-state index contributed by atoms with van der Waals surface area (Å²) in [6.07, 6.45) is -0.470. The van der Waals surface area contributed by atoms with Crippen LogP contribution in [0.3, 0.4) is 0 Å². The van der Waals surface area contributed by atoms with Gasteiger partial charge < -0.3 is 10.1 Å². The number of halogens is 3. The van der Waals surface area contributed by atoms with Gasteiger partial charge >= 0.3 is 5.97 Å². The molecule has 1 aromatic heterocycles. The van der Waals surface area contributed by atoms with Gasteiger partial charge in [-0.1, -0.05) is 6.92 Å². The third-order valence-corrected chi connectivity index (χ3v) is 4.85. The quantitative estimate of drug-likeness (QED) is 0.632. The number of hydrogen-bond donors (Lipinski definition) is 1. The van der Waals surface area contributed by atoms with Gasteiger partial charge in [0.1, 0.15) is 4.88 Å². The first-order chi connectivity index (χ1) is 11.7. The number of ether oxygens (including phenoxy) is 1. The minimum absolute atomic E-state index is 0.355. The predicted molar refractivity (Wildman–Crippen MR) is 88.3 cm³/mol. The Kier molecular flexibility index (Phi) is 5.84. The largest absolute Gasteiger partial charge is 0.448 e. The number of hydrogen-bond acceptors (Lipinski definition) is 4. The molecule has 0 spiro atoms. The molecule has 0 saturated carbocycles. The van der Waals surface area contributed by atoms with Crippen LogP contribution < -0.4 is 5.32 Å². The molecule has 0 aliphatic carbocycles. The number of anilines is 1. The molecule has 0 aliphatic rings. The lowest BCUT2D eigenvalue weighted by atomic mass is 10.2. The molecule has 0 saturated heterocycles. The second-order valence-electron chi connectivity index (χ2n) is 5.33. The standard InChI is InChI=1S/C17H16F3NO3S/c1-4-12-8(2)7-13(25-12)17(23)24-9(3)16(22)21-11-6-5-10(18)14(19)15(11)20/h5-7,9H,4H2,1-3H3,(H,21,22)/t9-/m0/s1. The van der Waals surface area contributed by atoms with Gasteiger partial charge in [-0.15, -0.1) is 11.3 Å². The van der Waals surface area contributed by atoms with Crippen molar-refractivity contribution in [3.05, 3.63) is 51.0 Å². The first kappa shape index (κ1) is 19.0. The van der Waals surface area contributed by atoms with Crippen LogP contribution >= 0.6 is 11.3 Å². The second kappa shape index (κ2) is 7.69. The summed E-state index contributed by atoms with van der Waals surface area (Å²) in [5, 5.41) is 2.07. The van der Waals surface area contributed by atoms with Gasteiger partial charge in [-0.2, -0.15) is 0 Å². The van der Waals surface area contributed by atoms with Crippen molar-refractivity contribution in [3.8, 4) is 0 Å². The Bertz CT molecular complexity index is 820. The number of esters is 1. The van der Waals surface area contributed by atoms with E-state index in [4.69, 9.17) is 4.74 Å². The summed E-state index contributed by atoms with van der Waals surface area (Å²) in [4.78, 5) is 25.5. The van der Waals surface area contributed by atoms with Gasteiger partial charge in [-0.05, 0) is 44.0 Å². The van der Waals surface area contributed by atoms with Crippen molar-refractivity contribution in [3.63, 3.8) is 0 Å². The summed E-state index contributed by atoms with van der Waals surface area (Å²) >= 11 is 1.27. The highest BCUT2D eigenvalue weighted by atomic mass is 32.1. The second-order valence-corrected chi connectivity index (χ2v) is 6.47. The van der Waals surface area contributed by atoms with Crippen LogP contribution in [0.4, 0.5) is 18.9 Å². The zero-order valence-electron chi connectivity index (χ0n) is 13.8. The molecule has 1 aromatic carbocycles. The summed E-state index contributed by atoms with van der Waals surface area (Å²) in [5.74, 6) is -6.12. The molecular formula is C17H16F3NO3S. The van der Waals surface area contributed by atoms with E-state index < -0.39 is 41.1 Å². The van der Waals surface area contributed by atoms with E-state index in [1.165, 1.54) is 18.3 Å². The summed E-state index contributed by atoms with van der Waals surface area (Å²) in [6.45, 7) is 5.13. The van der Waals surface area contributed by atoms with Crippen molar-refractivity contribution in [2.45, 2.75) is 33.3 Å². The van der Waals surface area contributed by atoms with Gasteiger partial charge in [0.25, 0.3) is 5.91 Å². The first-order valence-electron chi connectivity index (χ1n) is 7.49. The number of benzene rings is 1. The molecule has 8 heteroatoms. The number of thiophene rings is 1. The van der Waals surface area contributed by atoms with E-state index in [9.17, 15) is 22.8 Å². The van der Waals surface area contributed by atoms with Gasteiger partial charge in [0.05, 0.1) is 5.69 Å². The Balaban J connectivity index is 2.05. The van der Waals surface area contributed by atoms with Crippen LogP contribution in [-0.4, -0.2) is 18.0 Å². The van der Waals surface area contributed by atoms with Crippen LogP contribution in [0, 0.1) is 24.4 Å². The monoisotopic (exact) mass is 371 g/mol. The molecular weight excluding hydrogens is 355 g/mol. The van der Waals surface area contributed by atoms with Crippen LogP contribution in [0.25, 0.3) is 0 Å². The van der Waals surface area contributed by atoms with Crippen molar-refractivity contribution in [2.24, 2.45) is 0 Å². The highest BCUT2D eigenvalue weighted by molar-refractivity contribution is 7.14. The molecule has 1 atom stereocenters. The minimum atomic E-state index is -1.69. The molecule has 1 amide bonds. The molecule has 2 aromatic rings. The van der Waals surface area contributed by atoms with Crippen molar-refractivity contribution in [1.29, 1.82) is 0 Å². The molecule has 1 N–H and O–H groups in total. The number of nitrogens with one attached hydrogen (secondary N) is 1. The van der Waals surface area contributed by atoms with E-state index in [0.717, 1.165) is 22.9 Å². The maximum absolute atomic E-state index is 13.6. The SMILES string of the molecule is CCc1sc(C(=O)O[C@@H](C)C(=O)Nc2ccc(F)c(F)c2F)cc1C. The lowest BCUT2D eigenvalue weighted by Crippen LogP contribution is -2.30. The van der Waals surface area contributed by atoms with Gasteiger partial charge in [0.15, 0.2) is 23.6 Å². The molecule has 4 nitrogen and oxygen atoms in total. The summed E-state index contributed by atoms with van der Waals surface area (Å²) in [6, 6.07) is 3.24. The van der Waals surface area contributed by atoms with Crippen LogP contribution in [0.15, 0.2) is 18.2 Å². The normalized spacial score (nSPS) is 11.9. The summed E-state index contributed by atoms with van der Waals surface area (Å²) in [5.41, 5.74) is 0.424. The lowest BCUT2D eigenvalue weighted by molar-refractivity contribution is -0.123. The zero-order valence-corrected chi connectivity index (χ0v) is 14.6. The van der Waals surface area contributed by atoms with E-state index in [0.29, 0.717) is 10.9 Å². The topological polar surface area (TPSA) is 55.4 Å². The van der Waals surface area contributed by atoms with Gasteiger partial charge in [-0.3, -0.25) is 4.79 Å². The summed E-state index contributed by atoms with van der Waals surface area (Å²) in [7, 11) is 0. The third kappa shape index (κ3) is 4.19. The van der Waals surface area contributed by atoms with Crippen molar-refractivity contribution in [2.75, 3.05) is 5.32 Å². The fourth-order valence-corrected chi connectivity index (χ4v) is 3.10. The Morgan fingerprint density at radius 1 is 1.24 bits per heavy atom. The fourth-order valence-electron chi connectivity index (χ4n) is 2.10. The van der Waals surface area contributed by atoms with Crippen molar-refractivity contribution < 1.29 is 27.5 Å². The van der Waals surface area contributed by atoms with Crippen molar-refractivity contribution >= 4 is 28.9 Å². The molecule has 1 heterocycles. The molecule has 0 unspecified atom stereocenters. The van der Waals surface area contributed by atoms with Crippen molar-refractivity contribution in [1.82, 2.24) is 0 Å².